The lowest BCUT2D eigenvalue weighted by Crippen LogP contribution is -2.47. The minimum atomic E-state index is -0.761. The van der Waals surface area contributed by atoms with E-state index in [9.17, 15) is 14.7 Å². The van der Waals surface area contributed by atoms with Crippen LogP contribution in [0.2, 0.25) is 0 Å². The number of ether oxygens (including phenoxy) is 1. The summed E-state index contributed by atoms with van der Waals surface area (Å²) in [7, 11) is 0. The molecule has 2 N–H and O–H groups in total. The molecule has 1 aliphatic rings. The van der Waals surface area contributed by atoms with E-state index >= 15 is 0 Å². The minimum Gasteiger partial charge on any atom is -0.481 e. The predicted molar refractivity (Wildman–Crippen MR) is 87.3 cm³/mol. The Kier molecular flexibility index (Phi) is 7.32. The molecular weight excluding hydrogens is 298 g/mol. The van der Waals surface area contributed by atoms with E-state index in [0.717, 1.165) is 25.7 Å². The molecule has 1 saturated heterocycles. The van der Waals surface area contributed by atoms with Crippen LogP contribution in [0.1, 0.15) is 65.7 Å². The van der Waals surface area contributed by atoms with Crippen molar-refractivity contribution >= 4 is 12.1 Å². The lowest BCUT2D eigenvalue weighted by Gasteiger charge is -2.39. The Labute approximate surface area is 138 Å². The summed E-state index contributed by atoms with van der Waals surface area (Å²) >= 11 is 0. The zero-order valence-electron chi connectivity index (χ0n) is 14.6. The van der Waals surface area contributed by atoms with E-state index < -0.39 is 17.0 Å². The summed E-state index contributed by atoms with van der Waals surface area (Å²) < 4.78 is 5.35. The molecule has 1 amide bonds. The maximum atomic E-state index is 12.1. The molecule has 0 saturated carbocycles. The van der Waals surface area contributed by atoms with Crippen LogP contribution in [-0.4, -0.2) is 52.5 Å². The van der Waals surface area contributed by atoms with Crippen LogP contribution >= 0.6 is 0 Å². The van der Waals surface area contributed by atoms with Gasteiger partial charge in [-0.1, -0.05) is 19.3 Å². The van der Waals surface area contributed by atoms with Crippen molar-refractivity contribution in [1.82, 2.24) is 4.90 Å². The molecule has 6 nitrogen and oxygen atoms in total. The summed E-state index contributed by atoms with van der Waals surface area (Å²) in [6.45, 7) is 6.51. The van der Waals surface area contributed by atoms with E-state index in [0.29, 0.717) is 32.4 Å². The van der Waals surface area contributed by atoms with Crippen LogP contribution in [0.5, 0.6) is 0 Å². The second-order valence-corrected chi connectivity index (χ2v) is 7.44. The van der Waals surface area contributed by atoms with Gasteiger partial charge in [0.1, 0.15) is 5.60 Å². The highest BCUT2D eigenvalue weighted by atomic mass is 16.6. The summed E-state index contributed by atoms with van der Waals surface area (Å²) in [6.07, 6.45) is 4.70. The summed E-state index contributed by atoms with van der Waals surface area (Å²) in [5.74, 6) is -0.761. The standard InChI is InChI=1S/C17H31NO5/c1-16(2,3)23-15(22)18-11-9-17(10-12-18,14(20)21)8-6-4-5-7-13-19/h19H,4-13H2,1-3H3,(H,20,21). The Morgan fingerprint density at radius 1 is 1.09 bits per heavy atom. The molecule has 1 aliphatic heterocycles. The number of carboxylic acids is 1. The van der Waals surface area contributed by atoms with Crippen LogP contribution in [0.15, 0.2) is 0 Å². The number of carbonyl (C=O) groups is 2. The highest BCUT2D eigenvalue weighted by molar-refractivity contribution is 5.75. The van der Waals surface area contributed by atoms with Gasteiger partial charge in [-0.15, -0.1) is 0 Å². The third-order valence-electron chi connectivity index (χ3n) is 4.39. The molecule has 1 fully saturated rings. The van der Waals surface area contributed by atoms with Gasteiger partial charge in [-0.2, -0.15) is 0 Å². The van der Waals surface area contributed by atoms with Crippen LogP contribution in [0, 0.1) is 5.41 Å². The number of hydrogen-bond acceptors (Lipinski definition) is 4. The van der Waals surface area contributed by atoms with Crippen LogP contribution in [-0.2, 0) is 9.53 Å². The lowest BCUT2D eigenvalue weighted by atomic mass is 9.74. The fourth-order valence-electron chi connectivity index (χ4n) is 2.94. The SMILES string of the molecule is CC(C)(C)OC(=O)N1CCC(CCCCCCO)(C(=O)O)CC1. The molecule has 0 atom stereocenters. The normalized spacial score (nSPS) is 17.8. The number of unbranched alkanes of at least 4 members (excludes halogenated alkanes) is 3. The number of carboxylic acid groups (broad SMARTS) is 1. The topological polar surface area (TPSA) is 87.1 Å². The molecule has 0 aromatic heterocycles. The second-order valence-electron chi connectivity index (χ2n) is 7.44. The first-order chi connectivity index (χ1) is 10.7. The first-order valence-corrected chi connectivity index (χ1v) is 8.52. The molecule has 1 heterocycles. The maximum Gasteiger partial charge on any atom is 0.410 e. The zero-order valence-corrected chi connectivity index (χ0v) is 14.6. The molecule has 0 bridgehead atoms. The molecule has 0 aromatic rings. The summed E-state index contributed by atoms with van der Waals surface area (Å²) in [5.41, 5.74) is -1.26. The van der Waals surface area contributed by atoms with Crippen LogP contribution < -0.4 is 0 Å². The number of rotatable bonds is 7. The second kappa shape index (κ2) is 8.52. The molecule has 6 heteroatoms. The lowest BCUT2D eigenvalue weighted by molar-refractivity contribution is -0.152. The van der Waals surface area contributed by atoms with Crippen molar-refractivity contribution in [2.24, 2.45) is 5.41 Å². The Hall–Kier alpha value is -1.30. The average Bonchev–Trinajstić information content (AvgIpc) is 2.45. The number of nitrogens with zero attached hydrogens (tertiary/aromatic N) is 1. The van der Waals surface area contributed by atoms with Gasteiger partial charge in [0.2, 0.25) is 0 Å². The van der Waals surface area contributed by atoms with E-state index in [1.165, 1.54) is 0 Å². The molecule has 0 spiro atoms. The van der Waals surface area contributed by atoms with Gasteiger partial charge in [0, 0.05) is 19.7 Å². The van der Waals surface area contributed by atoms with E-state index in [2.05, 4.69) is 0 Å². The molecule has 0 aliphatic carbocycles. The van der Waals surface area contributed by atoms with Crippen LogP contribution in [0.4, 0.5) is 4.79 Å². The van der Waals surface area contributed by atoms with E-state index in [1.807, 2.05) is 20.8 Å². The van der Waals surface area contributed by atoms with Gasteiger partial charge in [0.25, 0.3) is 0 Å². The Morgan fingerprint density at radius 3 is 2.13 bits per heavy atom. The quantitative estimate of drug-likeness (QED) is 0.701. The van der Waals surface area contributed by atoms with Crippen molar-refractivity contribution in [3.8, 4) is 0 Å². The first-order valence-electron chi connectivity index (χ1n) is 8.52. The Bertz CT molecular complexity index is 394. The highest BCUT2D eigenvalue weighted by Crippen LogP contribution is 2.37. The number of carbonyl (C=O) groups excluding carboxylic acids is 1. The Morgan fingerprint density at radius 2 is 1.65 bits per heavy atom. The summed E-state index contributed by atoms with van der Waals surface area (Å²) in [4.78, 5) is 25.4. The van der Waals surface area contributed by atoms with Gasteiger partial charge in [-0.05, 0) is 46.5 Å². The smallest absolute Gasteiger partial charge is 0.410 e. The fourth-order valence-corrected chi connectivity index (χ4v) is 2.94. The first kappa shape index (κ1) is 19.7. The van der Waals surface area contributed by atoms with Crippen molar-refractivity contribution in [3.63, 3.8) is 0 Å². The van der Waals surface area contributed by atoms with E-state index in [1.54, 1.807) is 4.90 Å². The third-order valence-corrected chi connectivity index (χ3v) is 4.39. The number of aliphatic carboxylic acids is 1. The number of hydrogen-bond donors (Lipinski definition) is 2. The largest absolute Gasteiger partial charge is 0.481 e. The van der Waals surface area contributed by atoms with E-state index in [4.69, 9.17) is 9.84 Å². The molecular formula is C17H31NO5. The molecule has 0 aromatic carbocycles. The van der Waals surface area contributed by atoms with Gasteiger partial charge in [0.15, 0.2) is 0 Å². The maximum absolute atomic E-state index is 12.1. The van der Waals surface area contributed by atoms with Crippen molar-refractivity contribution < 1.29 is 24.5 Å². The Balaban J connectivity index is 2.50. The summed E-state index contributed by atoms with van der Waals surface area (Å²) in [5, 5.41) is 18.4. The van der Waals surface area contributed by atoms with Crippen LogP contribution in [0.25, 0.3) is 0 Å². The number of likely N-dealkylation sites (tertiary alicyclic amines) is 1. The average molecular weight is 329 g/mol. The minimum absolute atomic E-state index is 0.189. The number of piperidine rings is 1. The number of aliphatic hydroxyl groups excluding tert-OH is 1. The van der Waals surface area contributed by atoms with Crippen molar-refractivity contribution in [2.75, 3.05) is 19.7 Å². The van der Waals surface area contributed by atoms with Gasteiger partial charge in [-0.25, -0.2) is 4.79 Å². The van der Waals surface area contributed by atoms with Gasteiger partial charge in [0.05, 0.1) is 5.41 Å². The van der Waals surface area contributed by atoms with Crippen LogP contribution in [0.3, 0.4) is 0 Å². The number of amides is 1. The van der Waals surface area contributed by atoms with Crippen molar-refractivity contribution in [2.45, 2.75) is 71.3 Å². The van der Waals surface area contributed by atoms with Gasteiger partial charge in [-0.3, -0.25) is 4.79 Å². The van der Waals surface area contributed by atoms with Crippen molar-refractivity contribution in [3.05, 3.63) is 0 Å². The summed E-state index contributed by atoms with van der Waals surface area (Å²) in [6, 6.07) is 0. The van der Waals surface area contributed by atoms with E-state index in [-0.39, 0.29) is 12.7 Å². The number of aliphatic hydroxyl groups is 1. The highest BCUT2D eigenvalue weighted by Gasteiger charge is 2.42. The molecule has 0 radical (unpaired) electrons. The molecule has 0 unspecified atom stereocenters. The monoisotopic (exact) mass is 329 g/mol. The molecule has 134 valence electrons. The zero-order chi connectivity index (χ0) is 17.5. The van der Waals surface area contributed by atoms with Crippen molar-refractivity contribution in [1.29, 1.82) is 0 Å². The predicted octanol–water partition coefficient (Wildman–Crippen LogP) is 3.03. The third kappa shape index (κ3) is 6.37. The van der Waals surface area contributed by atoms with Gasteiger partial charge < -0.3 is 19.8 Å². The molecule has 23 heavy (non-hydrogen) atoms. The fraction of sp³-hybridized carbons (Fsp3) is 0.882. The van der Waals surface area contributed by atoms with Gasteiger partial charge >= 0.3 is 12.1 Å². The molecule has 1 rings (SSSR count).